The summed E-state index contributed by atoms with van der Waals surface area (Å²) in [7, 11) is -1.77. The summed E-state index contributed by atoms with van der Waals surface area (Å²) in [6.07, 6.45) is 2.98. The highest BCUT2D eigenvalue weighted by atomic mass is 32.3. The van der Waals surface area contributed by atoms with E-state index in [1.165, 1.54) is 23.2 Å². The van der Waals surface area contributed by atoms with Crippen molar-refractivity contribution in [2.45, 2.75) is 31.4 Å². The van der Waals surface area contributed by atoms with Gasteiger partial charge in [-0.1, -0.05) is 24.3 Å². The average molecular weight is 408 g/mol. The molecule has 2 aromatic rings. The normalized spacial score (nSPS) is 20.1. The van der Waals surface area contributed by atoms with Crippen molar-refractivity contribution in [3.8, 4) is 0 Å². The lowest BCUT2D eigenvalue weighted by molar-refractivity contribution is 0.0963. The maximum Gasteiger partial charge on any atom is 0.148 e. The van der Waals surface area contributed by atoms with Crippen molar-refractivity contribution in [2.75, 3.05) is 28.8 Å². The molecule has 152 valence electrons. The van der Waals surface area contributed by atoms with E-state index in [0.29, 0.717) is 30.4 Å². The topological polar surface area (TPSA) is 68.2 Å². The molecule has 0 aromatic heterocycles. The molecule has 2 aliphatic rings. The number of benzene rings is 2. The number of hydrogen-bond donors (Lipinski definition) is 3. The van der Waals surface area contributed by atoms with E-state index in [0.717, 1.165) is 6.54 Å². The zero-order valence-electron chi connectivity index (χ0n) is 15.8. The first kappa shape index (κ1) is 19.5. The van der Waals surface area contributed by atoms with Crippen LogP contribution in [-0.2, 0) is 4.74 Å². The Morgan fingerprint density at radius 3 is 2.39 bits per heavy atom. The number of rotatable bonds is 8. The van der Waals surface area contributed by atoms with Crippen LogP contribution in [0.5, 0.6) is 0 Å². The fraction of sp³-hybridized carbons (Fsp3) is 0.400. The number of ether oxygens (including phenoxy) is 1. The van der Waals surface area contributed by atoms with Crippen molar-refractivity contribution >= 4 is 28.0 Å². The van der Waals surface area contributed by atoms with E-state index < -0.39 is 16.8 Å². The second kappa shape index (κ2) is 7.88. The Morgan fingerprint density at radius 2 is 1.75 bits per heavy atom. The number of para-hydroxylation sites is 3. The lowest BCUT2D eigenvalue weighted by atomic mass is 10.2. The zero-order chi connectivity index (χ0) is 19.7. The van der Waals surface area contributed by atoms with Gasteiger partial charge in [-0.2, -0.15) is 0 Å². The Kier molecular flexibility index (Phi) is 5.48. The van der Waals surface area contributed by atoms with E-state index in [-0.39, 0.29) is 11.8 Å². The van der Waals surface area contributed by atoms with Crippen LogP contribution in [0.3, 0.4) is 0 Å². The first-order valence-corrected chi connectivity index (χ1v) is 10.9. The molecule has 1 saturated carbocycles. The number of anilines is 3. The molecule has 0 amide bonds. The predicted octanol–water partition coefficient (Wildman–Crippen LogP) is 4.52. The first-order chi connectivity index (χ1) is 13.5. The van der Waals surface area contributed by atoms with Gasteiger partial charge >= 0.3 is 0 Å². The van der Waals surface area contributed by atoms with E-state index in [1.807, 2.05) is 18.2 Å². The molecule has 1 heterocycles. The van der Waals surface area contributed by atoms with Crippen LogP contribution < -0.4 is 13.9 Å². The Labute approximate surface area is 166 Å². The van der Waals surface area contributed by atoms with Gasteiger partial charge in [-0.3, -0.25) is 13.4 Å². The zero-order valence-corrected chi connectivity index (χ0v) is 16.6. The van der Waals surface area contributed by atoms with Gasteiger partial charge in [0.05, 0.1) is 17.5 Å². The highest BCUT2D eigenvalue weighted by Crippen LogP contribution is 2.64. The summed E-state index contributed by atoms with van der Waals surface area (Å²) >= 11 is 0. The fourth-order valence-corrected chi connectivity index (χ4v) is 5.28. The minimum Gasteiger partial charge on any atom is -0.380 e. The smallest absolute Gasteiger partial charge is 0.148 e. The number of halogens is 1. The quantitative estimate of drug-likeness (QED) is 0.598. The molecule has 8 heteroatoms. The van der Waals surface area contributed by atoms with Crippen molar-refractivity contribution in [3.63, 3.8) is 0 Å². The third-order valence-electron chi connectivity index (χ3n) is 5.18. The van der Waals surface area contributed by atoms with Crippen LogP contribution in [0.1, 0.15) is 19.3 Å². The van der Waals surface area contributed by atoms with Gasteiger partial charge in [0.1, 0.15) is 11.5 Å². The van der Waals surface area contributed by atoms with Crippen LogP contribution in [0.25, 0.3) is 0 Å². The van der Waals surface area contributed by atoms with Crippen LogP contribution in [0, 0.1) is 5.82 Å². The summed E-state index contributed by atoms with van der Waals surface area (Å²) in [5.41, 5.74) is 1.41. The molecule has 3 N–H and O–H groups in total. The highest BCUT2D eigenvalue weighted by molar-refractivity contribution is 8.27. The third kappa shape index (κ3) is 3.70. The summed E-state index contributed by atoms with van der Waals surface area (Å²) in [5.74, 6) is -0.498. The largest absolute Gasteiger partial charge is 0.380 e. The number of methoxy groups -OCH3 is 1. The maximum atomic E-state index is 14.5. The minimum atomic E-state index is -3.43. The summed E-state index contributed by atoms with van der Waals surface area (Å²) in [5, 5.41) is 3.44. The van der Waals surface area contributed by atoms with Gasteiger partial charge in [0.15, 0.2) is 0 Å². The molecule has 1 aliphatic heterocycles. The molecule has 2 aromatic carbocycles. The lowest BCUT2D eigenvalue weighted by Crippen LogP contribution is -2.36. The molecule has 1 fully saturated rings. The second-order valence-corrected chi connectivity index (χ2v) is 8.94. The second-order valence-electron chi connectivity index (χ2n) is 7.16. The van der Waals surface area contributed by atoms with Crippen molar-refractivity contribution in [1.82, 2.24) is 5.32 Å². The van der Waals surface area contributed by atoms with Crippen LogP contribution in [0.2, 0.25) is 0 Å². The molecule has 6 nitrogen and oxygen atoms in total. The van der Waals surface area contributed by atoms with E-state index in [4.69, 9.17) is 4.74 Å². The standard InChI is InChI=1S/C20H26FN3O3S/c1-27-16(14-22-15-10-11-15)12-13-23-19-8-4-5-9-20(19)24(28(23,25)26)18-7-3-2-6-17(18)21/h2-9,15-16,22,25-26H,10-14H2,1H3/t16-/m1/s1. The summed E-state index contributed by atoms with van der Waals surface area (Å²) in [4.78, 5) is 0. The number of fused-ring (bicyclic) bond motifs is 1. The molecule has 0 spiro atoms. The summed E-state index contributed by atoms with van der Waals surface area (Å²) in [6.45, 7) is 1.11. The molecule has 1 atom stereocenters. The first-order valence-electron chi connectivity index (χ1n) is 9.48. The SMILES string of the molecule is CO[C@H](CCN1c2ccccc2N(c2ccccc2F)S1(O)O)CNC1CC1. The Hall–Kier alpha value is -1.84. The van der Waals surface area contributed by atoms with E-state index in [2.05, 4.69) is 5.32 Å². The Morgan fingerprint density at radius 1 is 1.11 bits per heavy atom. The molecule has 1 aliphatic carbocycles. The van der Waals surface area contributed by atoms with Crippen LogP contribution in [0.15, 0.2) is 48.5 Å². The molecule has 0 unspecified atom stereocenters. The molecular weight excluding hydrogens is 381 g/mol. The van der Waals surface area contributed by atoms with Gasteiger partial charge < -0.3 is 10.1 Å². The van der Waals surface area contributed by atoms with E-state index >= 15 is 0 Å². The van der Waals surface area contributed by atoms with Gasteiger partial charge in [-0.15, -0.1) is 0 Å². The van der Waals surface area contributed by atoms with E-state index in [9.17, 15) is 13.5 Å². The lowest BCUT2D eigenvalue weighted by Gasteiger charge is -2.44. The monoisotopic (exact) mass is 407 g/mol. The maximum absolute atomic E-state index is 14.5. The van der Waals surface area contributed by atoms with Gasteiger partial charge in [-0.25, -0.2) is 8.70 Å². The van der Waals surface area contributed by atoms with Crippen LogP contribution >= 0.6 is 11.0 Å². The Balaban J connectivity index is 1.58. The van der Waals surface area contributed by atoms with Crippen molar-refractivity contribution in [2.24, 2.45) is 0 Å². The third-order valence-corrected chi connectivity index (χ3v) is 7.03. The van der Waals surface area contributed by atoms with Gasteiger partial charge in [-0.05, 0) is 54.5 Å². The predicted molar refractivity (Wildman–Crippen MR) is 112 cm³/mol. The van der Waals surface area contributed by atoms with Crippen LogP contribution in [0.4, 0.5) is 21.5 Å². The summed E-state index contributed by atoms with van der Waals surface area (Å²) < 4.78 is 45.1. The van der Waals surface area contributed by atoms with Crippen molar-refractivity contribution in [3.05, 3.63) is 54.3 Å². The molecule has 28 heavy (non-hydrogen) atoms. The van der Waals surface area contributed by atoms with Crippen molar-refractivity contribution in [1.29, 1.82) is 0 Å². The molecule has 0 saturated heterocycles. The van der Waals surface area contributed by atoms with E-state index in [1.54, 1.807) is 35.7 Å². The molecule has 0 bridgehead atoms. The Bertz CT molecular complexity index is 834. The summed E-state index contributed by atoms with van der Waals surface area (Å²) in [6, 6.07) is 14.0. The number of hydrogen-bond acceptors (Lipinski definition) is 6. The van der Waals surface area contributed by atoms with Gasteiger partial charge in [0.25, 0.3) is 0 Å². The molecule has 4 rings (SSSR count). The molecule has 0 radical (unpaired) electrons. The highest BCUT2D eigenvalue weighted by Gasteiger charge is 2.42. The minimum absolute atomic E-state index is 0.0366. The van der Waals surface area contributed by atoms with Crippen molar-refractivity contribution < 1.29 is 18.2 Å². The van der Waals surface area contributed by atoms with Gasteiger partial charge in [0.2, 0.25) is 0 Å². The number of nitrogens with one attached hydrogen (secondary N) is 1. The van der Waals surface area contributed by atoms with Gasteiger partial charge in [0, 0.05) is 26.2 Å². The fourth-order valence-electron chi connectivity index (χ4n) is 3.48. The number of nitrogens with zero attached hydrogens (tertiary/aromatic N) is 2. The average Bonchev–Trinajstić information content (AvgIpc) is 3.48. The van der Waals surface area contributed by atoms with Crippen LogP contribution in [-0.4, -0.2) is 41.5 Å². The molecular formula is C20H26FN3O3S.